The highest BCUT2D eigenvalue weighted by atomic mass is 19.1. The minimum Gasteiger partial charge on any atom is -0.465 e. The van der Waals surface area contributed by atoms with Crippen LogP contribution in [0.15, 0.2) is 54.7 Å². The molecule has 0 aliphatic carbocycles. The third-order valence-corrected chi connectivity index (χ3v) is 5.39. The fraction of sp³-hybridized carbons (Fsp3) is 0.357. The molecule has 0 aliphatic rings. The van der Waals surface area contributed by atoms with Crippen LogP contribution < -0.4 is 9.80 Å². The van der Waals surface area contributed by atoms with Gasteiger partial charge in [0.05, 0.1) is 19.3 Å². The topological polar surface area (TPSA) is 101 Å². The average Bonchev–Trinajstić information content (AvgIpc) is 3.31. The van der Waals surface area contributed by atoms with Crippen LogP contribution in [0.25, 0.3) is 12.2 Å². The van der Waals surface area contributed by atoms with Crippen molar-refractivity contribution in [1.82, 2.24) is 15.0 Å². The Bertz CT molecular complexity index is 1230. The molecular weight excluding hydrogens is 489 g/mol. The van der Waals surface area contributed by atoms with E-state index in [1.807, 2.05) is 55.5 Å². The highest BCUT2D eigenvalue weighted by molar-refractivity contribution is 5.88. The Morgan fingerprint density at radius 1 is 1.00 bits per heavy atom. The van der Waals surface area contributed by atoms with Crippen LogP contribution in [-0.4, -0.2) is 51.1 Å². The zero-order chi connectivity index (χ0) is 27.7. The van der Waals surface area contributed by atoms with Gasteiger partial charge in [-0.2, -0.15) is 0 Å². The largest absolute Gasteiger partial charge is 0.465 e. The molecule has 1 heterocycles. The first-order valence-corrected chi connectivity index (χ1v) is 12.4. The lowest BCUT2D eigenvalue weighted by Crippen LogP contribution is -2.36. The molecule has 1 N–H and O–H groups in total. The van der Waals surface area contributed by atoms with Gasteiger partial charge in [-0.15, -0.1) is 5.10 Å². The summed E-state index contributed by atoms with van der Waals surface area (Å²) in [6.07, 6.45) is 4.70. The number of hydrogen-bond donors (Lipinski definition) is 1. The number of anilines is 2. The van der Waals surface area contributed by atoms with Crippen molar-refractivity contribution in [2.45, 2.75) is 52.8 Å². The number of benzene rings is 2. The van der Waals surface area contributed by atoms with Crippen molar-refractivity contribution in [3.05, 3.63) is 71.5 Å². The van der Waals surface area contributed by atoms with Crippen LogP contribution in [-0.2, 0) is 17.8 Å². The summed E-state index contributed by atoms with van der Waals surface area (Å²) in [5.74, 6) is 0. The van der Waals surface area contributed by atoms with E-state index in [-0.39, 0.29) is 13.1 Å². The SMILES string of the molecule is CCCN(C(=O)O)c1ccc(/C=C/c2ccc(N(Cc3cn(CCF)nn3)C(=O)OC(C)(C)C)cc2)cc1. The van der Waals surface area contributed by atoms with Crippen LogP contribution in [0.1, 0.15) is 50.9 Å². The summed E-state index contributed by atoms with van der Waals surface area (Å²) >= 11 is 0. The summed E-state index contributed by atoms with van der Waals surface area (Å²) < 4.78 is 19.6. The molecule has 0 radical (unpaired) electrons. The molecule has 0 saturated carbocycles. The summed E-state index contributed by atoms with van der Waals surface area (Å²) in [5, 5.41) is 17.3. The van der Waals surface area contributed by atoms with E-state index in [0.29, 0.717) is 23.6 Å². The Hall–Kier alpha value is -4.21. The van der Waals surface area contributed by atoms with Gasteiger partial charge >= 0.3 is 12.2 Å². The van der Waals surface area contributed by atoms with Crippen LogP contribution in [0, 0.1) is 0 Å². The third kappa shape index (κ3) is 8.16. The van der Waals surface area contributed by atoms with Gasteiger partial charge in [0, 0.05) is 17.9 Å². The number of amides is 2. The molecule has 0 saturated heterocycles. The number of aromatic nitrogens is 3. The second kappa shape index (κ2) is 12.8. The van der Waals surface area contributed by atoms with Gasteiger partial charge in [-0.1, -0.05) is 48.6 Å². The number of alkyl halides is 1. The zero-order valence-corrected chi connectivity index (χ0v) is 22.2. The lowest BCUT2D eigenvalue weighted by molar-refractivity contribution is 0.0577. The van der Waals surface area contributed by atoms with Crippen LogP contribution in [0.3, 0.4) is 0 Å². The Morgan fingerprint density at radius 3 is 2.03 bits per heavy atom. The molecular formula is C28H34FN5O4. The van der Waals surface area contributed by atoms with Gasteiger partial charge in [0.25, 0.3) is 0 Å². The summed E-state index contributed by atoms with van der Waals surface area (Å²) in [6, 6.07) is 14.7. The number of carboxylic acid groups (broad SMARTS) is 1. The van der Waals surface area contributed by atoms with Crippen molar-refractivity contribution in [2.24, 2.45) is 0 Å². The van der Waals surface area contributed by atoms with Crippen LogP contribution in [0.4, 0.5) is 25.4 Å². The smallest absolute Gasteiger partial charge is 0.415 e. The third-order valence-electron chi connectivity index (χ3n) is 5.39. The van der Waals surface area contributed by atoms with Gasteiger partial charge in [-0.3, -0.25) is 9.80 Å². The van der Waals surface area contributed by atoms with E-state index in [1.165, 1.54) is 14.5 Å². The summed E-state index contributed by atoms with van der Waals surface area (Å²) in [4.78, 5) is 27.2. The average molecular weight is 524 g/mol. The first kappa shape index (κ1) is 28.4. The van der Waals surface area contributed by atoms with E-state index in [4.69, 9.17) is 4.74 Å². The van der Waals surface area contributed by atoms with Gasteiger partial charge in [-0.05, 0) is 62.6 Å². The van der Waals surface area contributed by atoms with E-state index in [0.717, 1.165) is 17.5 Å². The van der Waals surface area contributed by atoms with Crippen LogP contribution in [0.2, 0.25) is 0 Å². The maximum absolute atomic E-state index is 13.0. The van der Waals surface area contributed by atoms with Crippen molar-refractivity contribution in [3.8, 4) is 0 Å². The van der Waals surface area contributed by atoms with Crippen molar-refractivity contribution in [1.29, 1.82) is 0 Å². The zero-order valence-electron chi connectivity index (χ0n) is 22.2. The number of aryl methyl sites for hydroxylation is 1. The number of halogens is 1. The fourth-order valence-corrected chi connectivity index (χ4v) is 3.63. The van der Waals surface area contributed by atoms with Crippen molar-refractivity contribution in [3.63, 3.8) is 0 Å². The Kier molecular flexibility index (Phi) is 9.59. The van der Waals surface area contributed by atoms with Gasteiger partial charge in [0.15, 0.2) is 0 Å². The highest BCUT2D eigenvalue weighted by Gasteiger charge is 2.24. The quantitative estimate of drug-likeness (QED) is 0.315. The first-order chi connectivity index (χ1) is 18.1. The highest BCUT2D eigenvalue weighted by Crippen LogP contribution is 2.23. The van der Waals surface area contributed by atoms with E-state index < -0.39 is 24.5 Å². The number of rotatable bonds is 10. The Balaban J connectivity index is 1.75. The second-order valence-electron chi connectivity index (χ2n) is 9.68. The first-order valence-electron chi connectivity index (χ1n) is 12.4. The maximum Gasteiger partial charge on any atom is 0.415 e. The Labute approximate surface area is 222 Å². The van der Waals surface area contributed by atoms with E-state index in [9.17, 15) is 19.1 Å². The number of ether oxygens (including phenoxy) is 1. The van der Waals surface area contributed by atoms with Gasteiger partial charge in [0.1, 0.15) is 18.0 Å². The molecule has 0 bridgehead atoms. The number of hydrogen-bond acceptors (Lipinski definition) is 5. The van der Waals surface area contributed by atoms with Gasteiger partial charge in [0.2, 0.25) is 0 Å². The van der Waals surface area contributed by atoms with Crippen molar-refractivity contribution >= 4 is 35.7 Å². The lowest BCUT2D eigenvalue weighted by Gasteiger charge is -2.27. The minimum absolute atomic E-state index is 0.0970. The van der Waals surface area contributed by atoms with Gasteiger partial charge in [-0.25, -0.2) is 18.7 Å². The summed E-state index contributed by atoms with van der Waals surface area (Å²) in [5.41, 5.74) is 2.91. The maximum atomic E-state index is 13.0. The van der Waals surface area contributed by atoms with Gasteiger partial charge < -0.3 is 9.84 Å². The number of carbonyl (C=O) groups is 2. The van der Waals surface area contributed by atoms with E-state index in [1.54, 1.807) is 39.1 Å². The molecule has 1 aromatic heterocycles. The number of carbonyl (C=O) groups excluding carboxylic acids is 1. The van der Waals surface area contributed by atoms with Crippen LogP contribution >= 0.6 is 0 Å². The predicted molar refractivity (Wildman–Crippen MR) is 146 cm³/mol. The molecule has 9 nitrogen and oxygen atoms in total. The molecule has 0 fully saturated rings. The van der Waals surface area contributed by atoms with Crippen molar-refractivity contribution < 1.29 is 23.8 Å². The molecule has 3 rings (SSSR count). The van der Waals surface area contributed by atoms with E-state index >= 15 is 0 Å². The normalized spacial score (nSPS) is 11.5. The lowest BCUT2D eigenvalue weighted by atomic mass is 10.1. The second-order valence-corrected chi connectivity index (χ2v) is 9.68. The molecule has 2 aromatic carbocycles. The molecule has 0 atom stereocenters. The fourth-order valence-electron chi connectivity index (χ4n) is 3.63. The van der Waals surface area contributed by atoms with Crippen molar-refractivity contribution in [2.75, 3.05) is 23.0 Å². The molecule has 3 aromatic rings. The molecule has 0 spiro atoms. The molecule has 38 heavy (non-hydrogen) atoms. The molecule has 202 valence electrons. The molecule has 2 amide bonds. The predicted octanol–water partition coefficient (Wildman–Crippen LogP) is 6.25. The number of nitrogens with zero attached hydrogens (tertiary/aromatic N) is 5. The summed E-state index contributed by atoms with van der Waals surface area (Å²) in [6.45, 7) is 7.42. The monoisotopic (exact) mass is 523 g/mol. The Morgan fingerprint density at radius 2 is 1.55 bits per heavy atom. The minimum atomic E-state index is -0.972. The summed E-state index contributed by atoms with van der Waals surface area (Å²) in [7, 11) is 0. The molecule has 0 aliphatic heterocycles. The molecule has 10 heteroatoms. The van der Waals surface area contributed by atoms with Crippen LogP contribution in [0.5, 0.6) is 0 Å². The van der Waals surface area contributed by atoms with E-state index in [2.05, 4.69) is 10.3 Å². The molecule has 0 unspecified atom stereocenters. The standard InChI is InChI=1S/C28H34FN5O4/c1-5-17-33(26(35)36)24-12-8-21(9-13-24)6-7-22-10-14-25(15-11-22)34(27(37)38-28(2,3)4)20-23-19-32(18-16-29)31-30-23/h6-15,19H,5,16-18,20H2,1-4H3,(H,35,36)/b7-6+.